The SMILES string of the molecule is NCCCc1nnc(-c2ccc3c(c2)CCC3)s1. The van der Waals surface area contributed by atoms with Crippen molar-refractivity contribution in [3.8, 4) is 10.6 Å². The number of fused-ring (bicyclic) bond motifs is 1. The summed E-state index contributed by atoms with van der Waals surface area (Å²) >= 11 is 1.69. The molecule has 3 nitrogen and oxygen atoms in total. The van der Waals surface area contributed by atoms with E-state index in [1.54, 1.807) is 11.3 Å². The number of nitrogens with zero attached hydrogens (tertiary/aromatic N) is 2. The molecule has 1 aliphatic carbocycles. The lowest BCUT2D eigenvalue weighted by atomic mass is 10.1. The van der Waals surface area contributed by atoms with Crippen LogP contribution in [0.5, 0.6) is 0 Å². The Morgan fingerprint density at radius 3 is 2.94 bits per heavy atom. The van der Waals surface area contributed by atoms with Gasteiger partial charge in [-0.05, 0) is 49.4 Å². The van der Waals surface area contributed by atoms with E-state index in [-0.39, 0.29) is 0 Å². The Morgan fingerprint density at radius 2 is 2.06 bits per heavy atom. The van der Waals surface area contributed by atoms with E-state index in [1.165, 1.54) is 36.0 Å². The fourth-order valence-electron chi connectivity index (χ4n) is 2.43. The molecule has 4 heteroatoms. The summed E-state index contributed by atoms with van der Waals surface area (Å²) in [4.78, 5) is 0. The minimum Gasteiger partial charge on any atom is -0.330 e. The average molecular weight is 259 g/mol. The predicted octanol–water partition coefficient (Wildman–Crippen LogP) is 2.59. The van der Waals surface area contributed by atoms with Crippen LogP contribution in [0.15, 0.2) is 18.2 Å². The Balaban J connectivity index is 1.83. The van der Waals surface area contributed by atoms with Crippen LogP contribution in [0.1, 0.15) is 29.0 Å². The third-order valence-corrected chi connectivity index (χ3v) is 4.44. The molecule has 0 radical (unpaired) electrons. The highest BCUT2D eigenvalue weighted by Gasteiger charge is 2.13. The monoisotopic (exact) mass is 259 g/mol. The smallest absolute Gasteiger partial charge is 0.147 e. The van der Waals surface area contributed by atoms with Gasteiger partial charge in [-0.1, -0.05) is 23.5 Å². The lowest BCUT2D eigenvalue weighted by molar-refractivity contribution is 0.812. The van der Waals surface area contributed by atoms with Gasteiger partial charge < -0.3 is 5.73 Å². The summed E-state index contributed by atoms with van der Waals surface area (Å²) in [6.07, 6.45) is 5.66. The molecular formula is C14H17N3S. The second kappa shape index (κ2) is 5.16. The van der Waals surface area contributed by atoms with E-state index in [1.807, 2.05) is 0 Å². The molecule has 0 bridgehead atoms. The van der Waals surface area contributed by atoms with Crippen LogP contribution in [-0.2, 0) is 19.3 Å². The Labute approximate surface area is 111 Å². The summed E-state index contributed by atoms with van der Waals surface area (Å²) in [6.45, 7) is 0.716. The summed E-state index contributed by atoms with van der Waals surface area (Å²) < 4.78 is 0. The highest BCUT2D eigenvalue weighted by atomic mass is 32.1. The van der Waals surface area contributed by atoms with Crippen LogP contribution in [0.2, 0.25) is 0 Å². The predicted molar refractivity (Wildman–Crippen MR) is 74.7 cm³/mol. The van der Waals surface area contributed by atoms with E-state index in [0.29, 0.717) is 6.54 Å². The third-order valence-electron chi connectivity index (χ3n) is 3.41. The Kier molecular flexibility index (Phi) is 3.39. The zero-order chi connectivity index (χ0) is 12.4. The van der Waals surface area contributed by atoms with Gasteiger partial charge in [0.1, 0.15) is 10.0 Å². The fraction of sp³-hybridized carbons (Fsp3) is 0.429. The topological polar surface area (TPSA) is 51.8 Å². The van der Waals surface area contributed by atoms with Crippen molar-refractivity contribution in [1.82, 2.24) is 10.2 Å². The summed E-state index contributed by atoms with van der Waals surface area (Å²) in [6, 6.07) is 6.71. The van der Waals surface area contributed by atoms with E-state index in [0.717, 1.165) is 22.9 Å². The molecule has 0 atom stereocenters. The van der Waals surface area contributed by atoms with Gasteiger partial charge in [0, 0.05) is 12.0 Å². The minimum absolute atomic E-state index is 0.716. The Hall–Kier alpha value is -1.26. The van der Waals surface area contributed by atoms with E-state index in [4.69, 9.17) is 5.73 Å². The summed E-state index contributed by atoms with van der Waals surface area (Å²) in [7, 11) is 0. The zero-order valence-electron chi connectivity index (χ0n) is 10.4. The van der Waals surface area contributed by atoms with Crippen molar-refractivity contribution >= 4 is 11.3 Å². The maximum absolute atomic E-state index is 5.51. The summed E-state index contributed by atoms with van der Waals surface area (Å²) in [5.74, 6) is 0. The van der Waals surface area contributed by atoms with Gasteiger partial charge in [-0.3, -0.25) is 0 Å². The van der Waals surface area contributed by atoms with Crippen LogP contribution in [-0.4, -0.2) is 16.7 Å². The molecule has 0 aliphatic heterocycles. The molecule has 1 aliphatic rings. The molecule has 18 heavy (non-hydrogen) atoms. The van der Waals surface area contributed by atoms with Crippen LogP contribution < -0.4 is 5.73 Å². The number of benzene rings is 1. The van der Waals surface area contributed by atoms with Crippen molar-refractivity contribution in [3.63, 3.8) is 0 Å². The lowest BCUT2D eigenvalue weighted by Gasteiger charge is -2.01. The van der Waals surface area contributed by atoms with E-state index >= 15 is 0 Å². The van der Waals surface area contributed by atoms with Gasteiger partial charge in [-0.2, -0.15) is 0 Å². The number of aryl methyl sites for hydroxylation is 3. The highest BCUT2D eigenvalue weighted by Crippen LogP contribution is 2.29. The first kappa shape index (κ1) is 11.8. The highest BCUT2D eigenvalue weighted by molar-refractivity contribution is 7.14. The molecule has 3 rings (SSSR count). The number of hydrogen-bond acceptors (Lipinski definition) is 4. The zero-order valence-corrected chi connectivity index (χ0v) is 11.2. The van der Waals surface area contributed by atoms with Crippen LogP contribution >= 0.6 is 11.3 Å². The van der Waals surface area contributed by atoms with Crippen molar-refractivity contribution in [2.75, 3.05) is 6.54 Å². The van der Waals surface area contributed by atoms with Crippen molar-refractivity contribution in [2.24, 2.45) is 5.73 Å². The molecule has 1 heterocycles. The molecule has 0 amide bonds. The van der Waals surface area contributed by atoms with Crippen molar-refractivity contribution in [1.29, 1.82) is 0 Å². The van der Waals surface area contributed by atoms with Gasteiger partial charge in [0.05, 0.1) is 0 Å². The number of hydrogen-bond donors (Lipinski definition) is 1. The van der Waals surface area contributed by atoms with Crippen LogP contribution in [0.4, 0.5) is 0 Å². The molecule has 2 N–H and O–H groups in total. The van der Waals surface area contributed by atoms with Gasteiger partial charge in [0.15, 0.2) is 0 Å². The standard InChI is InChI=1S/C14H17N3S/c15-8-2-5-13-16-17-14(18-13)12-7-6-10-3-1-4-11(10)9-12/h6-7,9H,1-5,8,15H2. The maximum atomic E-state index is 5.51. The Bertz CT molecular complexity index is 548. The van der Waals surface area contributed by atoms with Crippen molar-refractivity contribution < 1.29 is 0 Å². The van der Waals surface area contributed by atoms with Gasteiger partial charge >= 0.3 is 0 Å². The fourth-order valence-corrected chi connectivity index (χ4v) is 3.31. The van der Waals surface area contributed by atoms with Gasteiger partial charge in [-0.25, -0.2) is 0 Å². The third kappa shape index (κ3) is 2.31. The largest absolute Gasteiger partial charge is 0.330 e. The van der Waals surface area contributed by atoms with E-state index in [2.05, 4.69) is 28.4 Å². The van der Waals surface area contributed by atoms with Crippen molar-refractivity contribution in [3.05, 3.63) is 34.3 Å². The molecule has 0 spiro atoms. The van der Waals surface area contributed by atoms with Crippen LogP contribution in [0.25, 0.3) is 10.6 Å². The Morgan fingerprint density at radius 1 is 1.17 bits per heavy atom. The summed E-state index contributed by atoms with van der Waals surface area (Å²) in [5.41, 5.74) is 9.73. The molecule has 0 fully saturated rings. The first-order valence-corrected chi connectivity index (χ1v) is 7.33. The molecule has 0 saturated carbocycles. The summed E-state index contributed by atoms with van der Waals surface area (Å²) in [5, 5.41) is 10.7. The van der Waals surface area contributed by atoms with Crippen molar-refractivity contribution in [2.45, 2.75) is 32.1 Å². The minimum atomic E-state index is 0.716. The maximum Gasteiger partial charge on any atom is 0.147 e. The molecule has 94 valence electrons. The quantitative estimate of drug-likeness (QED) is 0.918. The first-order chi connectivity index (χ1) is 8.86. The van der Waals surface area contributed by atoms with Gasteiger partial charge in [0.2, 0.25) is 0 Å². The van der Waals surface area contributed by atoms with E-state index < -0.39 is 0 Å². The number of rotatable bonds is 4. The normalized spacial score (nSPS) is 13.8. The molecule has 0 unspecified atom stereocenters. The molecule has 1 aromatic heterocycles. The van der Waals surface area contributed by atoms with E-state index in [9.17, 15) is 0 Å². The average Bonchev–Trinajstić information content (AvgIpc) is 3.04. The number of nitrogens with two attached hydrogens (primary N) is 1. The van der Waals surface area contributed by atoms with Crippen LogP contribution in [0.3, 0.4) is 0 Å². The molecule has 2 aromatic rings. The van der Waals surface area contributed by atoms with Gasteiger partial charge in [-0.15, -0.1) is 10.2 Å². The molecular weight excluding hydrogens is 242 g/mol. The second-order valence-corrected chi connectivity index (χ2v) is 5.79. The van der Waals surface area contributed by atoms with Gasteiger partial charge in [0.25, 0.3) is 0 Å². The second-order valence-electron chi connectivity index (χ2n) is 4.73. The van der Waals surface area contributed by atoms with Crippen LogP contribution in [0, 0.1) is 0 Å². The lowest BCUT2D eigenvalue weighted by Crippen LogP contribution is -1.99. The molecule has 1 aromatic carbocycles. The molecule has 0 saturated heterocycles. The number of aromatic nitrogens is 2. The first-order valence-electron chi connectivity index (χ1n) is 6.51.